The second kappa shape index (κ2) is 51.5. The van der Waals surface area contributed by atoms with Gasteiger partial charge >= 0.3 is 17.9 Å². The topological polar surface area (TPSA) is 78.9 Å². The Morgan fingerprint density at radius 1 is 0.333 bits per heavy atom. The molecule has 0 N–H and O–H groups in total. The molecule has 0 saturated carbocycles. The molecule has 0 aromatic rings. The van der Waals surface area contributed by atoms with Gasteiger partial charge in [-0.05, 0) is 83.5 Å². The number of carbonyl (C=O) groups excluding carboxylic acids is 3. The van der Waals surface area contributed by atoms with Crippen LogP contribution in [0.5, 0.6) is 0 Å². The highest BCUT2D eigenvalue weighted by Crippen LogP contribution is 2.15. The smallest absolute Gasteiger partial charge is 0.306 e. The molecule has 0 spiro atoms. The van der Waals surface area contributed by atoms with Crippen LogP contribution in [-0.4, -0.2) is 37.2 Å². The Morgan fingerprint density at radius 3 is 1.03 bits per heavy atom. The number of hydrogen-bond donors (Lipinski definition) is 0. The lowest BCUT2D eigenvalue weighted by atomic mass is 10.1. The van der Waals surface area contributed by atoms with Gasteiger partial charge in [-0.3, -0.25) is 14.4 Å². The van der Waals surface area contributed by atoms with Crippen LogP contribution in [0.1, 0.15) is 252 Å². The van der Waals surface area contributed by atoms with E-state index in [-0.39, 0.29) is 31.1 Å². The van der Waals surface area contributed by atoms with Crippen molar-refractivity contribution < 1.29 is 28.6 Å². The third-order valence-corrected chi connectivity index (χ3v) is 11.2. The molecule has 0 heterocycles. The first-order valence-corrected chi connectivity index (χ1v) is 26.4. The van der Waals surface area contributed by atoms with E-state index in [1.807, 2.05) is 0 Å². The lowest BCUT2D eigenvalue weighted by Gasteiger charge is -2.18. The number of hydrogen-bond acceptors (Lipinski definition) is 6. The average Bonchev–Trinajstić information content (AvgIpc) is 3.28. The van der Waals surface area contributed by atoms with Crippen molar-refractivity contribution in [3.05, 3.63) is 72.9 Å². The molecule has 0 aromatic heterocycles. The Balaban J connectivity index is 4.33. The van der Waals surface area contributed by atoms with Crippen molar-refractivity contribution in [3.63, 3.8) is 0 Å². The fourth-order valence-corrected chi connectivity index (χ4v) is 7.24. The molecule has 63 heavy (non-hydrogen) atoms. The standard InChI is InChI=1S/C57H98O6/c1-4-7-10-13-16-19-22-24-25-26-27-28-29-30-31-33-35-38-41-44-47-50-56(59)62-53-54(52-61-55(58)49-46-43-40-37-34-21-18-15-12-9-6-3)63-57(60)51-48-45-42-39-36-32-23-20-17-14-11-8-5-2/h7,10-11,14,16,19-20,23-25,27-28,54H,4-6,8-9,12-13,15,17-18,21-22,26,29-53H2,1-3H3/b10-7-,14-11-,19-16-,23-20-,25-24-,28-27-. The highest BCUT2D eigenvalue weighted by Gasteiger charge is 2.19. The number of allylic oxidation sites excluding steroid dienone is 12. The van der Waals surface area contributed by atoms with Gasteiger partial charge in [0.2, 0.25) is 0 Å². The van der Waals surface area contributed by atoms with Crippen LogP contribution >= 0.6 is 0 Å². The predicted octanol–water partition coefficient (Wildman–Crippen LogP) is 17.4. The zero-order valence-electron chi connectivity index (χ0n) is 41.3. The van der Waals surface area contributed by atoms with Gasteiger partial charge in [-0.15, -0.1) is 0 Å². The van der Waals surface area contributed by atoms with E-state index >= 15 is 0 Å². The Kier molecular flexibility index (Phi) is 48.9. The van der Waals surface area contributed by atoms with Crippen LogP contribution in [0.4, 0.5) is 0 Å². The van der Waals surface area contributed by atoms with Crippen LogP contribution in [0.25, 0.3) is 0 Å². The van der Waals surface area contributed by atoms with Gasteiger partial charge in [-0.1, -0.05) is 222 Å². The molecule has 0 saturated heterocycles. The predicted molar refractivity (Wildman–Crippen MR) is 270 cm³/mol. The molecule has 6 heteroatoms. The van der Waals surface area contributed by atoms with Gasteiger partial charge in [-0.2, -0.15) is 0 Å². The van der Waals surface area contributed by atoms with E-state index in [1.54, 1.807) is 0 Å². The SMILES string of the molecule is CC/C=C\C/C=C\C/C=C\C/C=C\CCCCCCCCCCC(=O)OCC(COC(=O)CCCCCCCCCCCCC)OC(=O)CCCCCCC/C=C\C/C=C\CCC. The summed E-state index contributed by atoms with van der Waals surface area (Å²) in [6, 6.07) is 0. The fraction of sp³-hybridized carbons (Fsp3) is 0.737. The third-order valence-electron chi connectivity index (χ3n) is 11.2. The van der Waals surface area contributed by atoms with Crippen LogP contribution in [0.2, 0.25) is 0 Å². The first-order valence-electron chi connectivity index (χ1n) is 26.4. The van der Waals surface area contributed by atoms with Crippen molar-refractivity contribution in [2.75, 3.05) is 13.2 Å². The van der Waals surface area contributed by atoms with E-state index in [2.05, 4.69) is 93.7 Å². The van der Waals surface area contributed by atoms with Crippen molar-refractivity contribution in [3.8, 4) is 0 Å². The molecule has 0 aliphatic heterocycles. The zero-order chi connectivity index (χ0) is 45.8. The van der Waals surface area contributed by atoms with Gasteiger partial charge in [0.15, 0.2) is 6.10 Å². The monoisotopic (exact) mass is 879 g/mol. The molecule has 0 amide bonds. The molecule has 6 nitrogen and oxygen atoms in total. The second-order valence-electron chi connectivity index (χ2n) is 17.4. The molecule has 0 aliphatic carbocycles. The van der Waals surface area contributed by atoms with Crippen LogP contribution in [0.15, 0.2) is 72.9 Å². The van der Waals surface area contributed by atoms with Crippen molar-refractivity contribution in [1.82, 2.24) is 0 Å². The minimum Gasteiger partial charge on any atom is -0.462 e. The van der Waals surface area contributed by atoms with Crippen LogP contribution < -0.4 is 0 Å². The Morgan fingerprint density at radius 2 is 0.651 bits per heavy atom. The maximum atomic E-state index is 12.8. The fourth-order valence-electron chi connectivity index (χ4n) is 7.24. The normalized spacial score (nSPS) is 12.6. The highest BCUT2D eigenvalue weighted by molar-refractivity contribution is 5.71. The summed E-state index contributed by atoms with van der Waals surface area (Å²) in [5.41, 5.74) is 0. The van der Waals surface area contributed by atoms with E-state index in [1.165, 1.54) is 89.9 Å². The highest BCUT2D eigenvalue weighted by atomic mass is 16.6. The van der Waals surface area contributed by atoms with E-state index in [0.29, 0.717) is 19.3 Å². The number of esters is 3. The summed E-state index contributed by atoms with van der Waals surface area (Å²) in [7, 11) is 0. The largest absolute Gasteiger partial charge is 0.462 e. The van der Waals surface area contributed by atoms with Crippen molar-refractivity contribution >= 4 is 17.9 Å². The van der Waals surface area contributed by atoms with E-state index < -0.39 is 6.10 Å². The van der Waals surface area contributed by atoms with Gasteiger partial charge in [0.1, 0.15) is 13.2 Å². The van der Waals surface area contributed by atoms with Gasteiger partial charge < -0.3 is 14.2 Å². The molecule has 362 valence electrons. The van der Waals surface area contributed by atoms with Crippen molar-refractivity contribution in [1.29, 1.82) is 0 Å². The van der Waals surface area contributed by atoms with Crippen molar-refractivity contribution in [2.45, 2.75) is 258 Å². The molecule has 0 aliphatic rings. The van der Waals surface area contributed by atoms with Crippen molar-refractivity contribution in [2.24, 2.45) is 0 Å². The number of carbonyl (C=O) groups is 3. The first kappa shape index (κ1) is 59.9. The summed E-state index contributed by atoms with van der Waals surface area (Å²) in [6.07, 6.45) is 64.6. The van der Waals surface area contributed by atoms with E-state index in [9.17, 15) is 14.4 Å². The number of ether oxygens (including phenoxy) is 3. The summed E-state index contributed by atoms with van der Waals surface area (Å²) in [5.74, 6) is -0.903. The molecule has 0 rings (SSSR count). The minimum absolute atomic E-state index is 0.0821. The summed E-state index contributed by atoms with van der Waals surface area (Å²) >= 11 is 0. The summed E-state index contributed by atoms with van der Waals surface area (Å²) < 4.78 is 16.8. The second-order valence-corrected chi connectivity index (χ2v) is 17.4. The van der Waals surface area contributed by atoms with Crippen LogP contribution in [-0.2, 0) is 28.6 Å². The van der Waals surface area contributed by atoms with Gasteiger partial charge in [-0.25, -0.2) is 0 Å². The molecular weight excluding hydrogens is 781 g/mol. The van der Waals surface area contributed by atoms with E-state index in [4.69, 9.17) is 14.2 Å². The molecule has 0 aromatic carbocycles. The average molecular weight is 879 g/mol. The summed E-state index contributed by atoms with van der Waals surface area (Å²) in [4.78, 5) is 38.0. The van der Waals surface area contributed by atoms with Crippen LogP contribution in [0.3, 0.4) is 0 Å². The summed E-state index contributed by atoms with van der Waals surface area (Å²) in [5, 5.41) is 0. The molecule has 0 fully saturated rings. The lowest BCUT2D eigenvalue weighted by molar-refractivity contribution is -0.167. The first-order chi connectivity index (χ1) is 31.0. The molecular formula is C57H98O6. The number of rotatable bonds is 47. The quantitative estimate of drug-likeness (QED) is 0.0262. The Labute approximate surface area is 389 Å². The number of unbranched alkanes of at least 4 members (excludes halogenated alkanes) is 24. The zero-order valence-corrected chi connectivity index (χ0v) is 41.3. The third kappa shape index (κ3) is 49.7. The molecule has 1 atom stereocenters. The maximum absolute atomic E-state index is 12.8. The molecule has 0 radical (unpaired) electrons. The Hall–Kier alpha value is -3.15. The van der Waals surface area contributed by atoms with Gasteiger partial charge in [0.25, 0.3) is 0 Å². The lowest BCUT2D eigenvalue weighted by Crippen LogP contribution is -2.30. The Bertz CT molecular complexity index is 1190. The summed E-state index contributed by atoms with van der Waals surface area (Å²) in [6.45, 7) is 6.44. The molecule has 0 bridgehead atoms. The van der Waals surface area contributed by atoms with Crippen LogP contribution in [0, 0.1) is 0 Å². The van der Waals surface area contributed by atoms with E-state index in [0.717, 1.165) is 122 Å². The van der Waals surface area contributed by atoms with Gasteiger partial charge in [0, 0.05) is 19.3 Å². The van der Waals surface area contributed by atoms with Gasteiger partial charge in [0.05, 0.1) is 0 Å². The molecule has 1 unspecified atom stereocenters. The minimum atomic E-state index is -0.783. The maximum Gasteiger partial charge on any atom is 0.306 e.